The van der Waals surface area contributed by atoms with Crippen LogP contribution in [0.1, 0.15) is 51.7 Å². The van der Waals surface area contributed by atoms with Crippen LogP contribution < -0.4 is 16.0 Å². The van der Waals surface area contributed by atoms with Gasteiger partial charge in [0, 0.05) is 25.4 Å². The standard InChI is InChI=1S/C30H41N3O4/c1-23(21-24-15-9-7-10-16-24)27(34)31-19-13-5-6-14-20-32-28(35)26(22-25-17-11-8-12-18-25)33-29(36)37-30(2,3)4/h5-12,15-18,23,26H,13-14,19-22H2,1-4H3,(H,31,34)(H,32,35)(H,33,36)/t23-,26-/m0/s1. The summed E-state index contributed by atoms with van der Waals surface area (Å²) < 4.78 is 5.33. The Labute approximate surface area is 221 Å². The molecule has 0 aromatic heterocycles. The first-order chi connectivity index (χ1) is 17.6. The molecule has 2 aromatic carbocycles. The fourth-order valence-corrected chi connectivity index (χ4v) is 3.66. The molecule has 0 saturated heterocycles. The van der Waals surface area contributed by atoms with Crippen LogP contribution in [-0.4, -0.2) is 42.6 Å². The van der Waals surface area contributed by atoms with Crippen molar-refractivity contribution >= 4 is 17.9 Å². The number of ether oxygens (including phenoxy) is 1. The van der Waals surface area contributed by atoms with E-state index in [-0.39, 0.29) is 17.7 Å². The first-order valence-corrected chi connectivity index (χ1v) is 12.9. The summed E-state index contributed by atoms with van der Waals surface area (Å²) in [6.45, 7) is 8.28. The quantitative estimate of drug-likeness (QED) is 0.273. The van der Waals surface area contributed by atoms with Crippen molar-refractivity contribution in [2.75, 3.05) is 13.1 Å². The van der Waals surface area contributed by atoms with Gasteiger partial charge in [-0.25, -0.2) is 4.79 Å². The zero-order valence-electron chi connectivity index (χ0n) is 22.5. The van der Waals surface area contributed by atoms with Gasteiger partial charge in [0.05, 0.1) is 0 Å². The predicted molar refractivity (Wildman–Crippen MR) is 147 cm³/mol. The average molecular weight is 508 g/mol. The molecule has 37 heavy (non-hydrogen) atoms. The summed E-state index contributed by atoms with van der Waals surface area (Å²) in [4.78, 5) is 37.4. The molecule has 2 rings (SSSR count). The van der Waals surface area contributed by atoms with Crippen LogP contribution in [-0.2, 0) is 27.2 Å². The van der Waals surface area contributed by atoms with E-state index in [1.54, 1.807) is 20.8 Å². The van der Waals surface area contributed by atoms with Gasteiger partial charge in [0.2, 0.25) is 11.8 Å². The van der Waals surface area contributed by atoms with Gasteiger partial charge in [0.15, 0.2) is 0 Å². The summed E-state index contributed by atoms with van der Waals surface area (Å²) in [5.41, 5.74) is 1.44. The van der Waals surface area contributed by atoms with Gasteiger partial charge in [0.25, 0.3) is 0 Å². The highest BCUT2D eigenvalue weighted by molar-refractivity contribution is 5.86. The van der Waals surface area contributed by atoms with Crippen LogP contribution in [0.4, 0.5) is 4.79 Å². The zero-order chi connectivity index (χ0) is 27.1. The lowest BCUT2D eigenvalue weighted by Gasteiger charge is -2.23. The van der Waals surface area contributed by atoms with E-state index in [0.29, 0.717) is 32.4 Å². The lowest BCUT2D eigenvalue weighted by atomic mass is 10.0. The number of benzene rings is 2. The Hall–Kier alpha value is -3.61. The van der Waals surface area contributed by atoms with E-state index in [0.717, 1.165) is 17.5 Å². The van der Waals surface area contributed by atoms with Crippen LogP contribution in [0.25, 0.3) is 0 Å². The number of hydrogen-bond acceptors (Lipinski definition) is 4. The summed E-state index contributed by atoms with van der Waals surface area (Å²) >= 11 is 0. The van der Waals surface area contributed by atoms with E-state index >= 15 is 0 Å². The molecule has 0 bridgehead atoms. The SMILES string of the molecule is C[C@@H](Cc1ccccc1)C(=O)NCCC=CCCNC(=O)[C@H](Cc1ccccc1)NC(=O)OC(C)(C)C. The molecule has 200 valence electrons. The van der Waals surface area contributed by atoms with Crippen LogP contribution >= 0.6 is 0 Å². The van der Waals surface area contributed by atoms with Crippen molar-refractivity contribution < 1.29 is 19.1 Å². The molecule has 3 amide bonds. The second-order valence-corrected chi connectivity index (χ2v) is 10.1. The molecular formula is C30H41N3O4. The summed E-state index contributed by atoms with van der Waals surface area (Å²) in [5, 5.41) is 8.55. The van der Waals surface area contributed by atoms with E-state index in [1.165, 1.54) is 0 Å². The van der Waals surface area contributed by atoms with E-state index < -0.39 is 17.7 Å². The smallest absolute Gasteiger partial charge is 0.408 e. The molecule has 7 nitrogen and oxygen atoms in total. The molecule has 3 N–H and O–H groups in total. The number of hydrogen-bond donors (Lipinski definition) is 3. The normalized spacial score (nSPS) is 13.0. The number of nitrogens with one attached hydrogen (secondary N) is 3. The highest BCUT2D eigenvalue weighted by Crippen LogP contribution is 2.09. The molecule has 0 fully saturated rings. The van der Waals surface area contributed by atoms with Gasteiger partial charge in [-0.15, -0.1) is 0 Å². The highest BCUT2D eigenvalue weighted by atomic mass is 16.6. The van der Waals surface area contributed by atoms with Gasteiger partial charge in [-0.1, -0.05) is 79.7 Å². The first kappa shape index (κ1) is 29.6. The number of carbonyl (C=O) groups is 3. The van der Waals surface area contributed by atoms with Crippen LogP contribution in [0.5, 0.6) is 0 Å². The zero-order valence-corrected chi connectivity index (χ0v) is 22.5. The maximum Gasteiger partial charge on any atom is 0.408 e. The molecule has 0 heterocycles. The summed E-state index contributed by atoms with van der Waals surface area (Å²) in [6, 6.07) is 18.8. The maximum absolute atomic E-state index is 12.8. The molecule has 0 radical (unpaired) electrons. The minimum Gasteiger partial charge on any atom is -0.444 e. The predicted octanol–water partition coefficient (Wildman–Crippen LogP) is 4.57. The lowest BCUT2D eigenvalue weighted by molar-refractivity contribution is -0.124. The minimum atomic E-state index is -0.741. The fourth-order valence-electron chi connectivity index (χ4n) is 3.66. The third kappa shape index (κ3) is 12.8. The Balaban J connectivity index is 1.70. The van der Waals surface area contributed by atoms with E-state index in [1.807, 2.05) is 79.7 Å². The number of alkyl carbamates (subject to hydrolysis) is 1. The Bertz CT molecular complexity index is 1000. The fraction of sp³-hybridized carbons (Fsp3) is 0.433. The third-order valence-electron chi connectivity index (χ3n) is 5.51. The van der Waals surface area contributed by atoms with Gasteiger partial charge in [0.1, 0.15) is 11.6 Å². The summed E-state index contributed by atoms with van der Waals surface area (Å²) in [5.74, 6) is -0.297. The molecule has 7 heteroatoms. The maximum atomic E-state index is 12.8. The van der Waals surface area contributed by atoms with Crippen molar-refractivity contribution in [3.8, 4) is 0 Å². The van der Waals surface area contributed by atoms with Crippen LogP contribution in [0.15, 0.2) is 72.8 Å². The molecule has 0 saturated carbocycles. The summed E-state index contributed by atoms with van der Waals surface area (Å²) in [6.07, 6.45) is 5.80. The van der Waals surface area contributed by atoms with Crippen LogP contribution in [0, 0.1) is 5.92 Å². The first-order valence-electron chi connectivity index (χ1n) is 12.9. The second kappa shape index (κ2) is 15.5. The Morgan fingerprint density at radius 2 is 1.27 bits per heavy atom. The van der Waals surface area contributed by atoms with Crippen LogP contribution in [0.3, 0.4) is 0 Å². The molecule has 0 aliphatic heterocycles. The topological polar surface area (TPSA) is 96.5 Å². The van der Waals surface area contributed by atoms with E-state index in [2.05, 4.69) is 16.0 Å². The van der Waals surface area contributed by atoms with Crippen molar-refractivity contribution in [2.24, 2.45) is 5.92 Å². The van der Waals surface area contributed by atoms with Crippen molar-refractivity contribution in [3.63, 3.8) is 0 Å². The molecule has 0 aliphatic rings. The minimum absolute atomic E-state index is 0.0476. The Kier molecular flexibility index (Phi) is 12.4. The molecule has 2 aromatic rings. The number of amides is 3. The van der Waals surface area contributed by atoms with Crippen molar-refractivity contribution in [2.45, 2.75) is 65.0 Å². The van der Waals surface area contributed by atoms with Gasteiger partial charge < -0.3 is 20.7 Å². The summed E-state index contributed by atoms with van der Waals surface area (Å²) in [7, 11) is 0. The average Bonchev–Trinajstić information content (AvgIpc) is 2.85. The molecular weight excluding hydrogens is 466 g/mol. The number of carbonyl (C=O) groups excluding carboxylic acids is 3. The van der Waals surface area contributed by atoms with E-state index in [4.69, 9.17) is 4.74 Å². The van der Waals surface area contributed by atoms with Gasteiger partial charge >= 0.3 is 6.09 Å². The largest absolute Gasteiger partial charge is 0.444 e. The van der Waals surface area contributed by atoms with Crippen LogP contribution in [0.2, 0.25) is 0 Å². The Morgan fingerprint density at radius 1 is 0.784 bits per heavy atom. The molecule has 0 unspecified atom stereocenters. The Morgan fingerprint density at radius 3 is 1.78 bits per heavy atom. The monoisotopic (exact) mass is 507 g/mol. The lowest BCUT2D eigenvalue weighted by Crippen LogP contribution is -2.49. The molecule has 0 spiro atoms. The van der Waals surface area contributed by atoms with Gasteiger partial charge in [-0.05, 0) is 51.2 Å². The third-order valence-corrected chi connectivity index (χ3v) is 5.51. The van der Waals surface area contributed by atoms with Crippen molar-refractivity contribution in [3.05, 3.63) is 83.9 Å². The molecule has 0 aliphatic carbocycles. The van der Waals surface area contributed by atoms with Gasteiger partial charge in [-0.3, -0.25) is 9.59 Å². The van der Waals surface area contributed by atoms with E-state index in [9.17, 15) is 14.4 Å². The van der Waals surface area contributed by atoms with Crippen molar-refractivity contribution in [1.82, 2.24) is 16.0 Å². The second-order valence-electron chi connectivity index (χ2n) is 10.1. The highest BCUT2D eigenvalue weighted by Gasteiger charge is 2.24. The van der Waals surface area contributed by atoms with Crippen molar-refractivity contribution in [1.29, 1.82) is 0 Å². The molecule has 2 atom stereocenters. The van der Waals surface area contributed by atoms with Gasteiger partial charge in [-0.2, -0.15) is 0 Å². The number of rotatable bonds is 13.